The lowest BCUT2D eigenvalue weighted by molar-refractivity contribution is -0.140. The number of carbonyl (C=O) groups excluding carboxylic acids is 1. The molecule has 2 aliphatic rings. The molecule has 0 amide bonds. The third-order valence-corrected chi connectivity index (χ3v) is 7.72. The van der Waals surface area contributed by atoms with E-state index in [4.69, 9.17) is 9.15 Å². The van der Waals surface area contributed by atoms with Crippen LogP contribution in [0.15, 0.2) is 55.8 Å². The zero-order valence-electron chi connectivity index (χ0n) is 18.8. The number of aromatic nitrogens is 1. The molecular weight excluding hydrogens is 456 g/mol. The molecule has 8 nitrogen and oxygen atoms in total. The van der Waals surface area contributed by atoms with Crippen LogP contribution in [0.25, 0.3) is 0 Å². The van der Waals surface area contributed by atoms with Gasteiger partial charge in [-0.25, -0.2) is 0 Å². The molecule has 0 saturated carbocycles. The van der Waals surface area contributed by atoms with E-state index in [1.54, 1.807) is 6.07 Å². The zero-order chi connectivity index (χ0) is 23.8. The fraction of sp³-hybridized carbons (Fsp3) is 0.400. The molecule has 3 aromatic heterocycles. The first-order valence-corrected chi connectivity index (χ1v) is 12.2. The van der Waals surface area contributed by atoms with Gasteiger partial charge in [-0.3, -0.25) is 19.3 Å². The maximum atomic E-state index is 12.6. The molecule has 0 unspecified atom stereocenters. The molecule has 1 N–H and O–H groups in total. The SMILES string of the molecule is COC(=O)C[C@H](c1cccs1)c1oc(CN2C[C@H]3C[C@@H](C2)c2cccc(=O)n2C3)cc(=O)c1O. The van der Waals surface area contributed by atoms with Gasteiger partial charge in [0, 0.05) is 48.3 Å². The molecule has 1 fully saturated rings. The number of hydrogen-bond donors (Lipinski definition) is 1. The van der Waals surface area contributed by atoms with Crippen LogP contribution in [-0.2, 0) is 22.6 Å². The van der Waals surface area contributed by atoms with Crippen molar-refractivity contribution in [3.8, 4) is 5.75 Å². The molecule has 3 atom stereocenters. The van der Waals surface area contributed by atoms with Gasteiger partial charge in [-0.15, -0.1) is 11.3 Å². The number of pyridine rings is 1. The average molecular weight is 483 g/mol. The predicted molar refractivity (Wildman–Crippen MR) is 126 cm³/mol. The number of fused-ring (bicyclic) bond motifs is 4. The van der Waals surface area contributed by atoms with E-state index in [0.29, 0.717) is 24.8 Å². The molecule has 0 spiro atoms. The van der Waals surface area contributed by atoms with Crippen molar-refractivity contribution in [1.82, 2.24) is 9.47 Å². The summed E-state index contributed by atoms with van der Waals surface area (Å²) in [6, 6.07) is 10.4. The van der Waals surface area contributed by atoms with Crippen LogP contribution in [0.1, 0.15) is 46.8 Å². The van der Waals surface area contributed by atoms with E-state index in [1.165, 1.54) is 24.5 Å². The maximum absolute atomic E-state index is 12.6. The van der Waals surface area contributed by atoms with Crippen LogP contribution in [0.3, 0.4) is 0 Å². The number of aromatic hydroxyl groups is 1. The van der Waals surface area contributed by atoms with Gasteiger partial charge in [0.15, 0.2) is 5.76 Å². The highest BCUT2D eigenvalue weighted by molar-refractivity contribution is 7.10. The molecule has 178 valence electrons. The lowest BCUT2D eigenvalue weighted by Gasteiger charge is -2.42. The number of rotatable bonds is 6. The van der Waals surface area contributed by atoms with Gasteiger partial charge >= 0.3 is 5.97 Å². The van der Waals surface area contributed by atoms with Crippen LogP contribution < -0.4 is 11.0 Å². The van der Waals surface area contributed by atoms with E-state index >= 15 is 0 Å². The number of ether oxygens (including phenoxy) is 1. The van der Waals surface area contributed by atoms with E-state index in [0.717, 1.165) is 30.1 Å². The Morgan fingerprint density at radius 3 is 2.85 bits per heavy atom. The van der Waals surface area contributed by atoms with Gasteiger partial charge in [0.2, 0.25) is 11.2 Å². The van der Waals surface area contributed by atoms with Crippen molar-refractivity contribution >= 4 is 17.3 Å². The van der Waals surface area contributed by atoms with Gasteiger partial charge in [-0.05, 0) is 29.9 Å². The monoisotopic (exact) mass is 482 g/mol. The third-order valence-electron chi connectivity index (χ3n) is 6.74. The van der Waals surface area contributed by atoms with Crippen LogP contribution in [0, 0.1) is 5.92 Å². The fourth-order valence-corrected chi connectivity index (χ4v) is 6.10. The number of methoxy groups -OCH3 is 1. The fourth-order valence-electron chi connectivity index (χ4n) is 5.28. The average Bonchev–Trinajstić information content (AvgIpc) is 3.35. The highest BCUT2D eigenvalue weighted by atomic mass is 32.1. The lowest BCUT2D eigenvalue weighted by atomic mass is 9.83. The van der Waals surface area contributed by atoms with Crippen molar-refractivity contribution in [2.24, 2.45) is 5.92 Å². The van der Waals surface area contributed by atoms with Crippen molar-refractivity contribution in [2.75, 3.05) is 20.2 Å². The molecule has 34 heavy (non-hydrogen) atoms. The number of thiophene rings is 1. The summed E-state index contributed by atoms with van der Waals surface area (Å²) in [6.45, 7) is 2.62. The second-order valence-electron chi connectivity index (χ2n) is 9.03. The highest BCUT2D eigenvalue weighted by Crippen LogP contribution is 2.37. The smallest absolute Gasteiger partial charge is 0.306 e. The van der Waals surface area contributed by atoms with Gasteiger partial charge in [0.05, 0.1) is 26.0 Å². The molecule has 0 aliphatic carbocycles. The molecule has 9 heteroatoms. The molecule has 5 heterocycles. The zero-order valence-corrected chi connectivity index (χ0v) is 19.6. The molecule has 2 bridgehead atoms. The highest BCUT2D eigenvalue weighted by Gasteiger charge is 2.35. The summed E-state index contributed by atoms with van der Waals surface area (Å²) < 4.78 is 12.8. The Morgan fingerprint density at radius 1 is 1.24 bits per heavy atom. The Kier molecular flexibility index (Phi) is 6.14. The van der Waals surface area contributed by atoms with Gasteiger partial charge in [-0.2, -0.15) is 0 Å². The molecule has 5 rings (SSSR count). The Hall–Kier alpha value is -3.17. The normalized spacial score (nSPS) is 20.5. The molecular formula is C25H26N2O6S. The summed E-state index contributed by atoms with van der Waals surface area (Å²) in [5.41, 5.74) is 0.564. The summed E-state index contributed by atoms with van der Waals surface area (Å²) in [5.74, 6) is -0.437. The minimum atomic E-state index is -0.611. The van der Waals surface area contributed by atoms with E-state index in [-0.39, 0.29) is 23.7 Å². The molecule has 1 saturated heterocycles. The van der Waals surface area contributed by atoms with Gasteiger partial charge in [0.1, 0.15) is 5.76 Å². The maximum Gasteiger partial charge on any atom is 0.306 e. The first-order valence-electron chi connectivity index (χ1n) is 11.3. The van der Waals surface area contributed by atoms with Crippen molar-refractivity contribution in [3.05, 3.63) is 84.4 Å². The molecule has 3 aromatic rings. The third kappa shape index (κ3) is 4.33. The van der Waals surface area contributed by atoms with E-state index in [1.807, 2.05) is 34.2 Å². The minimum absolute atomic E-state index is 0.0417. The summed E-state index contributed by atoms with van der Waals surface area (Å²) >= 11 is 1.42. The first-order chi connectivity index (χ1) is 16.4. The van der Waals surface area contributed by atoms with Crippen molar-refractivity contribution < 1.29 is 19.1 Å². The number of esters is 1. The van der Waals surface area contributed by atoms with Crippen LogP contribution in [-0.4, -0.2) is 40.7 Å². The molecule has 2 aliphatic heterocycles. The second kappa shape index (κ2) is 9.23. The van der Waals surface area contributed by atoms with Gasteiger partial charge < -0.3 is 18.8 Å². The van der Waals surface area contributed by atoms with Crippen molar-refractivity contribution in [3.63, 3.8) is 0 Å². The Morgan fingerprint density at radius 2 is 2.09 bits per heavy atom. The Balaban J connectivity index is 1.43. The lowest BCUT2D eigenvalue weighted by Crippen LogP contribution is -2.46. The Bertz CT molecular complexity index is 1310. The van der Waals surface area contributed by atoms with Crippen molar-refractivity contribution in [2.45, 2.75) is 37.8 Å². The standard InChI is InChI=1S/C25H26N2O6S/c1-32-23(30)10-18(21-5-3-7-34-21)25-24(31)20(28)9-17(33-25)14-26-11-15-8-16(13-26)19-4-2-6-22(29)27(19)12-15/h2-7,9,15-16,18,31H,8,10-14H2,1H3/t15-,16+,18-/m1/s1. The first kappa shape index (κ1) is 22.6. The molecule has 0 radical (unpaired) electrons. The second-order valence-corrected chi connectivity index (χ2v) is 10.0. The largest absolute Gasteiger partial charge is 0.502 e. The number of hydrogen-bond acceptors (Lipinski definition) is 8. The Labute approximate surface area is 200 Å². The predicted octanol–water partition coefficient (Wildman–Crippen LogP) is 2.88. The number of nitrogens with zero attached hydrogens (tertiary/aromatic N) is 2. The number of likely N-dealkylation sites (tertiary alicyclic amines) is 1. The summed E-state index contributed by atoms with van der Waals surface area (Å²) in [5, 5.41) is 12.4. The van der Waals surface area contributed by atoms with Crippen LogP contribution in [0.5, 0.6) is 5.75 Å². The van der Waals surface area contributed by atoms with E-state index in [2.05, 4.69) is 4.90 Å². The van der Waals surface area contributed by atoms with Gasteiger partial charge in [-0.1, -0.05) is 12.1 Å². The minimum Gasteiger partial charge on any atom is -0.502 e. The molecule has 0 aromatic carbocycles. The summed E-state index contributed by atoms with van der Waals surface area (Å²) in [7, 11) is 1.31. The summed E-state index contributed by atoms with van der Waals surface area (Å²) in [6.07, 6.45) is 0.987. The van der Waals surface area contributed by atoms with Crippen molar-refractivity contribution in [1.29, 1.82) is 0 Å². The van der Waals surface area contributed by atoms with Crippen LogP contribution in [0.4, 0.5) is 0 Å². The van der Waals surface area contributed by atoms with Crippen LogP contribution in [0.2, 0.25) is 0 Å². The van der Waals surface area contributed by atoms with E-state index < -0.39 is 23.1 Å². The van der Waals surface area contributed by atoms with Crippen LogP contribution >= 0.6 is 11.3 Å². The van der Waals surface area contributed by atoms with E-state index in [9.17, 15) is 19.5 Å². The number of carbonyl (C=O) groups is 1. The number of piperidine rings is 1. The topological polar surface area (TPSA) is 102 Å². The summed E-state index contributed by atoms with van der Waals surface area (Å²) in [4.78, 5) is 40.0. The quantitative estimate of drug-likeness (QED) is 0.539. The van der Waals surface area contributed by atoms with Gasteiger partial charge in [0.25, 0.3) is 5.56 Å².